The molecule has 1 rings (SSSR count). The van der Waals surface area contributed by atoms with Crippen molar-refractivity contribution in [3.8, 4) is 5.75 Å². The van der Waals surface area contributed by atoms with Gasteiger partial charge in [-0.25, -0.2) is 4.39 Å². The molecule has 0 amide bonds. The summed E-state index contributed by atoms with van der Waals surface area (Å²) < 4.78 is 23.0. The highest BCUT2D eigenvalue weighted by molar-refractivity contribution is 6.59. The van der Waals surface area contributed by atoms with Crippen LogP contribution in [0.5, 0.6) is 5.75 Å². The van der Waals surface area contributed by atoms with E-state index in [0.29, 0.717) is 5.56 Å². The van der Waals surface area contributed by atoms with Crippen molar-refractivity contribution in [3.63, 3.8) is 0 Å². The molecular formula is C9H12BFO4. The summed E-state index contributed by atoms with van der Waals surface area (Å²) in [4.78, 5) is 0. The molecule has 0 atom stereocenters. The molecule has 0 saturated carbocycles. The molecule has 0 aliphatic carbocycles. The molecule has 6 heteroatoms. The Labute approximate surface area is 87.4 Å². The van der Waals surface area contributed by atoms with Crippen LogP contribution >= 0.6 is 0 Å². The van der Waals surface area contributed by atoms with Gasteiger partial charge in [-0.15, -0.1) is 0 Å². The summed E-state index contributed by atoms with van der Waals surface area (Å²) >= 11 is 0. The van der Waals surface area contributed by atoms with E-state index in [1.54, 1.807) is 6.92 Å². The Balaban J connectivity index is 3.09. The average molecular weight is 214 g/mol. The molecule has 82 valence electrons. The number of benzene rings is 1. The lowest BCUT2D eigenvalue weighted by molar-refractivity contribution is 0.0515. The van der Waals surface area contributed by atoms with Crippen molar-refractivity contribution in [2.75, 3.05) is 13.9 Å². The molecule has 0 spiro atoms. The van der Waals surface area contributed by atoms with Crippen LogP contribution in [0, 0.1) is 12.7 Å². The summed E-state index contributed by atoms with van der Waals surface area (Å²) in [6.07, 6.45) is 0. The van der Waals surface area contributed by atoms with E-state index in [0.717, 1.165) is 0 Å². The van der Waals surface area contributed by atoms with Gasteiger partial charge in [0.15, 0.2) is 6.79 Å². The molecular weight excluding hydrogens is 202 g/mol. The van der Waals surface area contributed by atoms with Gasteiger partial charge >= 0.3 is 7.12 Å². The van der Waals surface area contributed by atoms with Crippen molar-refractivity contribution in [1.82, 2.24) is 0 Å². The van der Waals surface area contributed by atoms with Gasteiger partial charge in [-0.05, 0) is 24.6 Å². The zero-order chi connectivity index (χ0) is 11.4. The van der Waals surface area contributed by atoms with Crippen molar-refractivity contribution in [2.45, 2.75) is 6.92 Å². The molecule has 0 unspecified atom stereocenters. The molecule has 0 aromatic heterocycles. The molecule has 0 aliphatic heterocycles. The highest BCUT2D eigenvalue weighted by atomic mass is 19.1. The van der Waals surface area contributed by atoms with E-state index in [2.05, 4.69) is 4.74 Å². The van der Waals surface area contributed by atoms with E-state index in [1.165, 1.54) is 19.2 Å². The van der Waals surface area contributed by atoms with Crippen LogP contribution in [-0.2, 0) is 4.74 Å². The molecule has 0 aliphatic rings. The van der Waals surface area contributed by atoms with E-state index in [4.69, 9.17) is 14.8 Å². The van der Waals surface area contributed by atoms with Crippen LogP contribution < -0.4 is 10.2 Å². The van der Waals surface area contributed by atoms with Gasteiger partial charge in [0.25, 0.3) is 0 Å². The molecule has 0 saturated heterocycles. The van der Waals surface area contributed by atoms with Gasteiger partial charge < -0.3 is 19.5 Å². The highest BCUT2D eigenvalue weighted by Crippen LogP contribution is 2.14. The van der Waals surface area contributed by atoms with Crippen molar-refractivity contribution in [1.29, 1.82) is 0 Å². The Morgan fingerprint density at radius 2 is 2.07 bits per heavy atom. The SMILES string of the molecule is COCOc1cc(C)cc(F)c1B(O)O. The summed E-state index contributed by atoms with van der Waals surface area (Å²) in [6.45, 7) is 1.60. The highest BCUT2D eigenvalue weighted by Gasteiger charge is 2.22. The van der Waals surface area contributed by atoms with Crippen LogP contribution in [0.4, 0.5) is 4.39 Å². The molecule has 0 radical (unpaired) electrons. The first-order valence-corrected chi connectivity index (χ1v) is 4.34. The number of hydrogen-bond acceptors (Lipinski definition) is 4. The number of aryl methyl sites for hydroxylation is 1. The maximum atomic E-state index is 13.3. The third-order valence-corrected chi connectivity index (χ3v) is 1.83. The van der Waals surface area contributed by atoms with Crippen LogP contribution in [0.15, 0.2) is 12.1 Å². The van der Waals surface area contributed by atoms with Crippen molar-refractivity contribution in [2.24, 2.45) is 0 Å². The number of ether oxygens (including phenoxy) is 2. The van der Waals surface area contributed by atoms with Gasteiger partial charge in [0.05, 0.1) is 5.46 Å². The first-order chi connectivity index (χ1) is 7.06. The molecule has 0 bridgehead atoms. The zero-order valence-electron chi connectivity index (χ0n) is 8.53. The third-order valence-electron chi connectivity index (χ3n) is 1.83. The Kier molecular flexibility index (Phi) is 4.08. The van der Waals surface area contributed by atoms with Gasteiger partial charge in [0, 0.05) is 7.11 Å². The van der Waals surface area contributed by atoms with Crippen LogP contribution in [0.2, 0.25) is 0 Å². The molecule has 2 N–H and O–H groups in total. The van der Waals surface area contributed by atoms with Crippen LogP contribution in [-0.4, -0.2) is 31.1 Å². The molecule has 0 heterocycles. The molecule has 1 aromatic carbocycles. The first kappa shape index (κ1) is 12.0. The van der Waals surface area contributed by atoms with Crippen LogP contribution in [0.25, 0.3) is 0 Å². The summed E-state index contributed by atoms with van der Waals surface area (Å²) in [5, 5.41) is 17.9. The van der Waals surface area contributed by atoms with Crippen LogP contribution in [0.1, 0.15) is 5.56 Å². The molecule has 15 heavy (non-hydrogen) atoms. The lowest BCUT2D eigenvalue weighted by atomic mass is 9.78. The van der Waals surface area contributed by atoms with E-state index in [-0.39, 0.29) is 18.0 Å². The van der Waals surface area contributed by atoms with Gasteiger partial charge in [-0.2, -0.15) is 0 Å². The number of halogens is 1. The Morgan fingerprint density at radius 3 is 2.60 bits per heavy atom. The fourth-order valence-corrected chi connectivity index (χ4v) is 1.21. The quantitative estimate of drug-likeness (QED) is 0.538. The maximum Gasteiger partial charge on any atom is 0.495 e. The number of hydrogen-bond donors (Lipinski definition) is 2. The number of rotatable bonds is 4. The fraction of sp³-hybridized carbons (Fsp3) is 0.333. The first-order valence-electron chi connectivity index (χ1n) is 4.34. The van der Waals surface area contributed by atoms with E-state index in [1.807, 2.05) is 0 Å². The maximum absolute atomic E-state index is 13.3. The molecule has 1 aromatic rings. The van der Waals surface area contributed by atoms with Gasteiger partial charge in [0.2, 0.25) is 0 Å². The minimum atomic E-state index is -1.91. The summed E-state index contributed by atoms with van der Waals surface area (Å²) in [5.74, 6) is -0.638. The van der Waals surface area contributed by atoms with Crippen molar-refractivity contribution in [3.05, 3.63) is 23.5 Å². The Morgan fingerprint density at radius 1 is 1.40 bits per heavy atom. The summed E-state index contributed by atoms with van der Waals surface area (Å²) in [6, 6.07) is 2.71. The van der Waals surface area contributed by atoms with E-state index < -0.39 is 12.9 Å². The zero-order valence-corrected chi connectivity index (χ0v) is 8.53. The van der Waals surface area contributed by atoms with Crippen LogP contribution in [0.3, 0.4) is 0 Å². The van der Waals surface area contributed by atoms with E-state index >= 15 is 0 Å². The second-order valence-electron chi connectivity index (χ2n) is 3.08. The fourth-order valence-electron chi connectivity index (χ4n) is 1.21. The summed E-state index contributed by atoms with van der Waals surface area (Å²) in [5.41, 5.74) is 0.348. The predicted molar refractivity (Wildman–Crippen MR) is 53.5 cm³/mol. The minimum Gasteiger partial charge on any atom is -0.468 e. The van der Waals surface area contributed by atoms with Crippen molar-refractivity contribution < 1.29 is 23.9 Å². The lowest BCUT2D eigenvalue weighted by Crippen LogP contribution is -2.34. The monoisotopic (exact) mass is 214 g/mol. The van der Waals surface area contributed by atoms with E-state index in [9.17, 15) is 4.39 Å². The Bertz CT molecular complexity index is 343. The van der Waals surface area contributed by atoms with Gasteiger partial charge in [-0.3, -0.25) is 0 Å². The number of methoxy groups -OCH3 is 1. The second-order valence-corrected chi connectivity index (χ2v) is 3.08. The molecule has 0 fully saturated rings. The average Bonchev–Trinajstić information content (AvgIpc) is 2.12. The standard InChI is InChI=1S/C9H12BFO4/c1-6-3-7(11)9(10(12)13)8(4-6)15-5-14-2/h3-4,12-13H,5H2,1-2H3. The normalized spacial score (nSPS) is 10.2. The molecule has 4 nitrogen and oxygen atoms in total. The smallest absolute Gasteiger partial charge is 0.468 e. The second kappa shape index (κ2) is 5.11. The topological polar surface area (TPSA) is 58.9 Å². The summed E-state index contributed by atoms with van der Waals surface area (Å²) in [7, 11) is -0.487. The van der Waals surface area contributed by atoms with Gasteiger partial charge in [-0.1, -0.05) is 0 Å². The lowest BCUT2D eigenvalue weighted by Gasteiger charge is -2.12. The largest absolute Gasteiger partial charge is 0.495 e. The predicted octanol–water partition coefficient (Wildman–Crippen LogP) is -0.203. The van der Waals surface area contributed by atoms with Crippen molar-refractivity contribution >= 4 is 12.6 Å². The minimum absolute atomic E-state index is 0.0735. The van der Waals surface area contributed by atoms with Gasteiger partial charge in [0.1, 0.15) is 11.6 Å². The third kappa shape index (κ3) is 2.92. The Hall–Kier alpha value is -1.11.